The number of halogens is 1. The Morgan fingerprint density at radius 2 is 2.12 bits per heavy atom. The third-order valence-corrected chi connectivity index (χ3v) is 4.57. The predicted octanol–water partition coefficient (Wildman–Crippen LogP) is 4.09. The van der Waals surface area contributed by atoms with Crippen LogP contribution in [-0.2, 0) is 0 Å². The van der Waals surface area contributed by atoms with Crippen molar-refractivity contribution >= 4 is 27.3 Å². The molecule has 2 unspecified atom stereocenters. The van der Waals surface area contributed by atoms with Crippen molar-refractivity contribution in [2.24, 2.45) is 0 Å². The van der Waals surface area contributed by atoms with Crippen LogP contribution in [0.4, 0.5) is 0 Å². The van der Waals surface area contributed by atoms with Crippen molar-refractivity contribution in [2.75, 3.05) is 0 Å². The number of nitrogens with zero attached hydrogens (tertiary/aromatic N) is 2. The Hall–Kier alpha value is -0.740. The molecule has 2 heterocycles. The highest BCUT2D eigenvalue weighted by atomic mass is 79.9. The van der Waals surface area contributed by atoms with Gasteiger partial charge in [-0.25, -0.2) is 4.98 Å². The van der Waals surface area contributed by atoms with Crippen LogP contribution in [0.25, 0.3) is 0 Å². The molecule has 0 aliphatic heterocycles. The first-order valence-corrected chi connectivity index (χ1v) is 6.95. The van der Waals surface area contributed by atoms with Crippen molar-refractivity contribution in [1.29, 1.82) is 0 Å². The maximum atomic E-state index is 4.50. The third-order valence-electron chi connectivity index (χ3n) is 2.51. The van der Waals surface area contributed by atoms with E-state index in [-0.39, 0.29) is 4.83 Å². The molecule has 2 aromatic rings. The first kappa shape index (κ1) is 11.7. The van der Waals surface area contributed by atoms with Gasteiger partial charge in [0.1, 0.15) is 0 Å². The molecule has 0 aliphatic carbocycles. The fourth-order valence-electron chi connectivity index (χ4n) is 1.56. The van der Waals surface area contributed by atoms with Gasteiger partial charge in [-0.1, -0.05) is 28.9 Å². The Bertz CT molecular complexity index is 455. The molecular weight excluding hydrogens is 284 g/mol. The number of hydrogen-bond acceptors (Lipinski definition) is 3. The van der Waals surface area contributed by atoms with E-state index in [1.54, 1.807) is 11.3 Å². The molecule has 0 N–H and O–H groups in total. The monoisotopic (exact) mass is 296 g/mol. The van der Waals surface area contributed by atoms with E-state index in [4.69, 9.17) is 0 Å². The van der Waals surface area contributed by atoms with Gasteiger partial charge in [0.15, 0.2) is 0 Å². The van der Waals surface area contributed by atoms with E-state index in [0.717, 1.165) is 16.4 Å². The zero-order chi connectivity index (χ0) is 11.5. The van der Waals surface area contributed by atoms with Crippen LogP contribution in [0.2, 0.25) is 0 Å². The van der Waals surface area contributed by atoms with E-state index in [0.29, 0.717) is 5.92 Å². The molecular formula is C12H13BrN2S. The number of pyridine rings is 1. The van der Waals surface area contributed by atoms with Crippen molar-refractivity contribution in [1.82, 2.24) is 9.97 Å². The van der Waals surface area contributed by atoms with Crippen LogP contribution >= 0.6 is 27.3 Å². The number of hydrogen-bond donors (Lipinski definition) is 0. The van der Waals surface area contributed by atoms with Gasteiger partial charge < -0.3 is 0 Å². The van der Waals surface area contributed by atoms with E-state index in [9.17, 15) is 0 Å². The molecule has 0 amide bonds. The Kier molecular flexibility index (Phi) is 3.71. The topological polar surface area (TPSA) is 25.8 Å². The Labute approximate surface area is 108 Å². The van der Waals surface area contributed by atoms with Crippen molar-refractivity contribution < 1.29 is 0 Å². The molecule has 0 fully saturated rings. The summed E-state index contributed by atoms with van der Waals surface area (Å²) >= 11 is 5.39. The summed E-state index contributed by atoms with van der Waals surface area (Å²) in [6.07, 6.45) is 1.83. The molecule has 0 radical (unpaired) electrons. The Morgan fingerprint density at radius 3 is 2.69 bits per heavy atom. The maximum absolute atomic E-state index is 4.50. The second-order valence-electron chi connectivity index (χ2n) is 3.74. The van der Waals surface area contributed by atoms with Crippen LogP contribution < -0.4 is 0 Å². The quantitative estimate of drug-likeness (QED) is 0.798. The zero-order valence-electron chi connectivity index (χ0n) is 9.22. The molecule has 4 heteroatoms. The van der Waals surface area contributed by atoms with Gasteiger partial charge in [0.2, 0.25) is 0 Å². The molecule has 0 aliphatic rings. The zero-order valence-corrected chi connectivity index (χ0v) is 11.6. The second kappa shape index (κ2) is 5.06. The molecule has 2 nitrogen and oxygen atoms in total. The summed E-state index contributed by atoms with van der Waals surface area (Å²) < 4.78 is 0. The highest BCUT2D eigenvalue weighted by Gasteiger charge is 2.20. The van der Waals surface area contributed by atoms with Gasteiger partial charge in [-0.3, -0.25) is 4.98 Å². The minimum absolute atomic E-state index is 0.229. The van der Waals surface area contributed by atoms with E-state index in [1.165, 1.54) is 0 Å². The number of alkyl halides is 1. The molecule has 2 aromatic heterocycles. The molecule has 0 bridgehead atoms. The number of aryl methyl sites for hydroxylation is 1. The molecule has 0 saturated heterocycles. The van der Waals surface area contributed by atoms with Gasteiger partial charge in [0.05, 0.1) is 15.5 Å². The lowest BCUT2D eigenvalue weighted by atomic mass is 10.0. The lowest BCUT2D eigenvalue weighted by Crippen LogP contribution is -2.04. The van der Waals surface area contributed by atoms with Gasteiger partial charge in [0.25, 0.3) is 0 Å². The van der Waals surface area contributed by atoms with E-state index < -0.39 is 0 Å². The Morgan fingerprint density at radius 1 is 1.31 bits per heavy atom. The average molecular weight is 297 g/mol. The molecule has 84 valence electrons. The van der Waals surface area contributed by atoms with Crippen LogP contribution in [0.5, 0.6) is 0 Å². The summed E-state index contributed by atoms with van der Waals surface area (Å²) in [5.41, 5.74) is 2.19. The summed E-state index contributed by atoms with van der Waals surface area (Å²) in [7, 11) is 0. The molecule has 16 heavy (non-hydrogen) atoms. The highest BCUT2D eigenvalue weighted by molar-refractivity contribution is 9.09. The lowest BCUT2D eigenvalue weighted by molar-refractivity contribution is 0.711. The smallest absolute Gasteiger partial charge is 0.0897 e. The van der Waals surface area contributed by atoms with Crippen LogP contribution in [0.1, 0.15) is 34.1 Å². The fraction of sp³-hybridized carbons (Fsp3) is 0.333. The van der Waals surface area contributed by atoms with Gasteiger partial charge in [-0.2, -0.15) is 0 Å². The fourth-order valence-corrected chi connectivity index (χ4v) is 2.89. The SMILES string of the molecule is Cc1nc(C(Br)C(C)c2ccccn2)cs1. The normalized spacial score (nSPS) is 14.7. The largest absolute Gasteiger partial charge is 0.261 e. The van der Waals surface area contributed by atoms with Crippen molar-refractivity contribution in [3.63, 3.8) is 0 Å². The third kappa shape index (κ3) is 2.50. The number of aromatic nitrogens is 2. The first-order valence-electron chi connectivity index (χ1n) is 5.15. The molecule has 0 aromatic carbocycles. The molecule has 2 rings (SSSR count). The minimum Gasteiger partial charge on any atom is -0.261 e. The lowest BCUT2D eigenvalue weighted by Gasteiger charge is -2.15. The summed E-state index contributed by atoms with van der Waals surface area (Å²) in [6, 6.07) is 6.01. The highest BCUT2D eigenvalue weighted by Crippen LogP contribution is 2.36. The van der Waals surface area contributed by atoms with Crippen molar-refractivity contribution in [2.45, 2.75) is 24.6 Å². The van der Waals surface area contributed by atoms with Crippen molar-refractivity contribution in [3.8, 4) is 0 Å². The van der Waals surface area contributed by atoms with Gasteiger partial charge in [-0.15, -0.1) is 11.3 Å². The molecule has 2 atom stereocenters. The Balaban J connectivity index is 2.19. The van der Waals surface area contributed by atoms with E-state index >= 15 is 0 Å². The molecule has 0 spiro atoms. The van der Waals surface area contributed by atoms with E-state index in [1.807, 2.05) is 25.3 Å². The first-order chi connectivity index (χ1) is 7.68. The van der Waals surface area contributed by atoms with Crippen LogP contribution in [0.15, 0.2) is 29.8 Å². The minimum atomic E-state index is 0.229. The van der Waals surface area contributed by atoms with Crippen molar-refractivity contribution in [3.05, 3.63) is 46.2 Å². The summed E-state index contributed by atoms with van der Waals surface area (Å²) in [5.74, 6) is 0.322. The average Bonchev–Trinajstić information content (AvgIpc) is 2.75. The summed E-state index contributed by atoms with van der Waals surface area (Å²) in [6.45, 7) is 4.19. The van der Waals surface area contributed by atoms with Crippen LogP contribution in [0, 0.1) is 6.92 Å². The van der Waals surface area contributed by atoms with Gasteiger partial charge in [-0.05, 0) is 19.1 Å². The van der Waals surface area contributed by atoms with Crippen LogP contribution in [0.3, 0.4) is 0 Å². The van der Waals surface area contributed by atoms with E-state index in [2.05, 4.69) is 44.3 Å². The molecule has 0 saturated carbocycles. The summed E-state index contributed by atoms with van der Waals surface area (Å²) in [5, 5.41) is 3.21. The number of thiazole rings is 1. The predicted molar refractivity (Wildman–Crippen MR) is 71.2 cm³/mol. The second-order valence-corrected chi connectivity index (χ2v) is 5.79. The van der Waals surface area contributed by atoms with Crippen LogP contribution in [-0.4, -0.2) is 9.97 Å². The van der Waals surface area contributed by atoms with Gasteiger partial charge >= 0.3 is 0 Å². The standard InChI is InChI=1S/C12H13BrN2S/c1-8(10-5-3-4-6-14-10)12(13)11-7-16-9(2)15-11/h3-8,12H,1-2H3. The number of rotatable bonds is 3. The van der Waals surface area contributed by atoms with Gasteiger partial charge in [0, 0.05) is 23.2 Å². The maximum Gasteiger partial charge on any atom is 0.0897 e. The summed E-state index contributed by atoms with van der Waals surface area (Å²) in [4.78, 5) is 9.11.